The number of rotatable bonds is 4. The van der Waals surface area contributed by atoms with Gasteiger partial charge in [0.1, 0.15) is 5.75 Å². The Hall–Kier alpha value is -0.580. The van der Waals surface area contributed by atoms with Crippen LogP contribution in [0.25, 0.3) is 0 Å². The van der Waals surface area contributed by atoms with Crippen LogP contribution in [0.15, 0.2) is 16.6 Å². The van der Waals surface area contributed by atoms with Crippen LogP contribution in [0, 0.1) is 5.92 Å². The van der Waals surface area contributed by atoms with E-state index in [1.807, 2.05) is 0 Å². The molecule has 2 unspecified atom stereocenters. The summed E-state index contributed by atoms with van der Waals surface area (Å²) in [6, 6.07) is 4.87. The first-order chi connectivity index (χ1) is 9.47. The molecule has 2 rings (SSSR count). The molecule has 1 saturated heterocycles. The van der Waals surface area contributed by atoms with Crippen LogP contribution in [0.1, 0.15) is 43.4 Å². The molecular weight excluding hydrogens is 316 g/mol. The van der Waals surface area contributed by atoms with Gasteiger partial charge in [-0.1, -0.05) is 19.9 Å². The van der Waals surface area contributed by atoms with Gasteiger partial charge < -0.3 is 10.5 Å². The number of benzene rings is 1. The minimum absolute atomic E-state index is 0.422. The topological polar surface area (TPSA) is 38.5 Å². The first-order valence-electron chi connectivity index (χ1n) is 7.25. The summed E-state index contributed by atoms with van der Waals surface area (Å²) in [4.78, 5) is 2.40. The van der Waals surface area contributed by atoms with Crippen molar-refractivity contribution in [2.24, 2.45) is 11.7 Å². The summed E-state index contributed by atoms with van der Waals surface area (Å²) in [6.45, 7) is 6.27. The fourth-order valence-corrected chi connectivity index (χ4v) is 3.66. The molecule has 0 aromatic heterocycles. The maximum Gasteiger partial charge on any atom is 0.133 e. The molecule has 112 valence electrons. The maximum absolute atomic E-state index is 5.85. The van der Waals surface area contributed by atoms with Crippen molar-refractivity contribution in [3.63, 3.8) is 0 Å². The molecular formula is C16H25BrN2O. The average Bonchev–Trinajstić information content (AvgIpc) is 2.80. The second-order valence-corrected chi connectivity index (χ2v) is 6.87. The van der Waals surface area contributed by atoms with Gasteiger partial charge in [-0.05, 0) is 65.0 Å². The van der Waals surface area contributed by atoms with Crippen molar-refractivity contribution in [1.29, 1.82) is 0 Å². The second-order valence-electron chi connectivity index (χ2n) is 6.07. The van der Waals surface area contributed by atoms with Gasteiger partial charge in [-0.3, -0.25) is 4.90 Å². The number of nitrogens with zero attached hydrogens (tertiary/aromatic N) is 1. The Labute approximate surface area is 130 Å². The van der Waals surface area contributed by atoms with E-state index >= 15 is 0 Å². The van der Waals surface area contributed by atoms with E-state index in [1.54, 1.807) is 7.11 Å². The monoisotopic (exact) mass is 340 g/mol. The molecule has 0 amide bonds. The zero-order chi connectivity index (χ0) is 14.9. The van der Waals surface area contributed by atoms with E-state index in [0.29, 0.717) is 17.9 Å². The molecule has 0 aliphatic carbocycles. The number of nitrogens with two attached hydrogens (primary N) is 1. The lowest BCUT2D eigenvalue weighted by Gasteiger charge is -2.23. The Morgan fingerprint density at radius 3 is 2.65 bits per heavy atom. The number of halogens is 1. The Bertz CT molecular complexity index is 476. The van der Waals surface area contributed by atoms with Gasteiger partial charge in [0.25, 0.3) is 0 Å². The summed E-state index contributed by atoms with van der Waals surface area (Å²) in [5.41, 5.74) is 8.49. The molecule has 0 spiro atoms. The first-order valence-corrected chi connectivity index (χ1v) is 8.04. The Kier molecular flexibility index (Phi) is 5.10. The Morgan fingerprint density at radius 1 is 1.45 bits per heavy atom. The van der Waals surface area contributed by atoms with Gasteiger partial charge in [-0.25, -0.2) is 0 Å². The minimum Gasteiger partial charge on any atom is -0.496 e. The highest BCUT2D eigenvalue weighted by molar-refractivity contribution is 9.10. The summed E-state index contributed by atoms with van der Waals surface area (Å²) < 4.78 is 6.62. The second kappa shape index (κ2) is 6.46. The van der Waals surface area contributed by atoms with Gasteiger partial charge in [0, 0.05) is 12.6 Å². The van der Waals surface area contributed by atoms with Crippen molar-refractivity contribution < 1.29 is 4.74 Å². The Balaban J connectivity index is 2.42. The summed E-state index contributed by atoms with van der Waals surface area (Å²) in [6.07, 6.45) is 1.12. The van der Waals surface area contributed by atoms with E-state index in [0.717, 1.165) is 29.7 Å². The molecule has 0 saturated carbocycles. The quantitative estimate of drug-likeness (QED) is 0.911. The van der Waals surface area contributed by atoms with Crippen molar-refractivity contribution in [2.75, 3.05) is 27.2 Å². The fraction of sp³-hybridized carbons (Fsp3) is 0.625. The standard InChI is InChI=1S/C16H25BrN2O/c1-10(2)12-6-13(16(17)15(7-12)20-4)14-5-11(8-18)9-19(14)3/h6-7,10-11,14H,5,8-9,18H2,1-4H3. The lowest BCUT2D eigenvalue weighted by molar-refractivity contribution is 0.311. The summed E-state index contributed by atoms with van der Waals surface area (Å²) in [5, 5.41) is 0. The molecule has 1 aromatic carbocycles. The van der Waals surface area contributed by atoms with Crippen molar-refractivity contribution in [2.45, 2.75) is 32.2 Å². The van der Waals surface area contributed by atoms with E-state index in [1.165, 1.54) is 11.1 Å². The van der Waals surface area contributed by atoms with Crippen molar-refractivity contribution in [3.05, 3.63) is 27.7 Å². The molecule has 0 radical (unpaired) electrons. The first kappa shape index (κ1) is 15.8. The molecule has 1 aliphatic heterocycles. The third-order valence-electron chi connectivity index (χ3n) is 4.30. The molecule has 2 atom stereocenters. The zero-order valence-corrected chi connectivity index (χ0v) is 14.4. The van der Waals surface area contributed by atoms with E-state index in [2.05, 4.69) is 53.9 Å². The summed E-state index contributed by atoms with van der Waals surface area (Å²) in [5.74, 6) is 2.01. The minimum atomic E-state index is 0.422. The molecule has 1 fully saturated rings. The normalized spacial score (nSPS) is 23.6. The van der Waals surface area contributed by atoms with Crippen LogP contribution >= 0.6 is 15.9 Å². The van der Waals surface area contributed by atoms with E-state index in [9.17, 15) is 0 Å². The molecule has 1 aliphatic rings. The van der Waals surface area contributed by atoms with Crippen LogP contribution in [-0.4, -0.2) is 32.1 Å². The van der Waals surface area contributed by atoms with Crippen LogP contribution in [0.5, 0.6) is 5.75 Å². The van der Waals surface area contributed by atoms with E-state index < -0.39 is 0 Å². The smallest absolute Gasteiger partial charge is 0.133 e. The number of ether oxygens (including phenoxy) is 1. The van der Waals surface area contributed by atoms with Crippen LogP contribution < -0.4 is 10.5 Å². The van der Waals surface area contributed by atoms with Gasteiger partial charge in [0.05, 0.1) is 11.6 Å². The van der Waals surface area contributed by atoms with Crippen LogP contribution in [0.2, 0.25) is 0 Å². The number of likely N-dealkylation sites (tertiary alicyclic amines) is 1. The van der Waals surface area contributed by atoms with Crippen LogP contribution in [0.3, 0.4) is 0 Å². The molecule has 0 bridgehead atoms. The number of hydrogen-bond donors (Lipinski definition) is 1. The predicted molar refractivity (Wildman–Crippen MR) is 87.3 cm³/mol. The van der Waals surface area contributed by atoms with E-state index in [4.69, 9.17) is 10.5 Å². The van der Waals surface area contributed by atoms with Crippen LogP contribution in [-0.2, 0) is 0 Å². The fourth-order valence-electron chi connectivity index (χ4n) is 3.01. The highest BCUT2D eigenvalue weighted by atomic mass is 79.9. The summed E-state index contributed by atoms with van der Waals surface area (Å²) in [7, 11) is 3.91. The van der Waals surface area contributed by atoms with Gasteiger partial charge in [0.2, 0.25) is 0 Å². The number of hydrogen-bond acceptors (Lipinski definition) is 3. The third-order valence-corrected chi connectivity index (χ3v) is 5.15. The van der Waals surface area contributed by atoms with Crippen molar-refractivity contribution in [3.8, 4) is 5.75 Å². The van der Waals surface area contributed by atoms with Crippen molar-refractivity contribution in [1.82, 2.24) is 4.90 Å². The maximum atomic E-state index is 5.85. The SMILES string of the molecule is COc1cc(C(C)C)cc(C2CC(CN)CN2C)c1Br. The van der Waals surface area contributed by atoms with Gasteiger partial charge in [0.15, 0.2) is 0 Å². The Morgan fingerprint density at radius 2 is 2.15 bits per heavy atom. The van der Waals surface area contributed by atoms with Gasteiger partial charge in [-0.2, -0.15) is 0 Å². The lowest BCUT2D eigenvalue weighted by Crippen LogP contribution is -2.21. The molecule has 3 nitrogen and oxygen atoms in total. The van der Waals surface area contributed by atoms with Gasteiger partial charge >= 0.3 is 0 Å². The summed E-state index contributed by atoms with van der Waals surface area (Å²) >= 11 is 3.72. The highest BCUT2D eigenvalue weighted by Gasteiger charge is 2.32. The molecule has 1 heterocycles. The largest absolute Gasteiger partial charge is 0.496 e. The van der Waals surface area contributed by atoms with E-state index in [-0.39, 0.29) is 0 Å². The van der Waals surface area contributed by atoms with Gasteiger partial charge in [-0.15, -0.1) is 0 Å². The predicted octanol–water partition coefficient (Wildman–Crippen LogP) is 3.53. The molecule has 2 N–H and O–H groups in total. The zero-order valence-electron chi connectivity index (χ0n) is 12.8. The highest BCUT2D eigenvalue weighted by Crippen LogP contribution is 2.42. The van der Waals surface area contributed by atoms with Crippen LogP contribution in [0.4, 0.5) is 0 Å². The number of methoxy groups -OCH3 is 1. The molecule has 1 aromatic rings. The molecule has 4 heteroatoms. The lowest BCUT2D eigenvalue weighted by atomic mass is 9.94. The third kappa shape index (κ3) is 3.02. The molecule has 20 heavy (non-hydrogen) atoms. The average molecular weight is 341 g/mol. The van der Waals surface area contributed by atoms with Crippen molar-refractivity contribution >= 4 is 15.9 Å².